The molecule has 1 aromatic carbocycles. The summed E-state index contributed by atoms with van der Waals surface area (Å²) >= 11 is 0. The highest BCUT2D eigenvalue weighted by molar-refractivity contribution is 5.49. The fraction of sp³-hybridized carbons (Fsp3) is 0.600. The molecule has 2 fully saturated rings. The molecule has 2 heterocycles. The van der Waals surface area contributed by atoms with Gasteiger partial charge in [0.1, 0.15) is 5.82 Å². The third-order valence-electron chi connectivity index (χ3n) is 4.37. The van der Waals surface area contributed by atoms with Gasteiger partial charge in [-0.3, -0.25) is 4.90 Å². The van der Waals surface area contributed by atoms with Gasteiger partial charge in [0.2, 0.25) is 0 Å². The number of anilines is 1. The summed E-state index contributed by atoms with van der Waals surface area (Å²) in [5, 5.41) is 9.03. The first-order valence-corrected chi connectivity index (χ1v) is 7.16. The topological polar surface area (TPSA) is 26.7 Å². The molecule has 0 spiro atoms. The molecule has 1 unspecified atom stereocenters. The molecule has 1 N–H and O–H groups in total. The second-order valence-corrected chi connectivity index (χ2v) is 5.58. The second kappa shape index (κ2) is 5.47. The number of aliphatic hydroxyl groups is 1. The van der Waals surface area contributed by atoms with E-state index in [-0.39, 0.29) is 12.4 Å². The molecule has 1 atom stereocenters. The molecule has 4 heteroatoms. The Bertz CT molecular complexity index is 452. The van der Waals surface area contributed by atoms with Crippen LogP contribution in [0.2, 0.25) is 0 Å². The monoisotopic (exact) mass is 264 g/mol. The van der Waals surface area contributed by atoms with Crippen molar-refractivity contribution < 1.29 is 9.50 Å². The van der Waals surface area contributed by atoms with E-state index in [1.54, 1.807) is 6.07 Å². The van der Waals surface area contributed by atoms with Gasteiger partial charge in [-0.05, 0) is 37.1 Å². The number of hydrogen-bond acceptors (Lipinski definition) is 3. The summed E-state index contributed by atoms with van der Waals surface area (Å²) in [6.45, 7) is 3.95. The van der Waals surface area contributed by atoms with Crippen molar-refractivity contribution in [2.45, 2.75) is 31.9 Å². The standard InChI is InChI=1S/C15H21FN2O/c16-14-9-12(11-19)4-5-15(14)18-8-7-17-6-2-1-3-13(17)10-18/h4-5,9,13,19H,1-3,6-8,10-11H2. The molecule has 1 aromatic rings. The lowest BCUT2D eigenvalue weighted by Crippen LogP contribution is -2.55. The van der Waals surface area contributed by atoms with Gasteiger partial charge in [0.05, 0.1) is 12.3 Å². The lowest BCUT2D eigenvalue weighted by molar-refractivity contribution is 0.133. The fourth-order valence-corrected chi connectivity index (χ4v) is 3.28. The summed E-state index contributed by atoms with van der Waals surface area (Å²) in [6, 6.07) is 5.65. The number of aliphatic hydroxyl groups excluding tert-OH is 1. The summed E-state index contributed by atoms with van der Waals surface area (Å²) in [6.07, 6.45) is 3.82. The maximum absolute atomic E-state index is 14.1. The van der Waals surface area contributed by atoms with E-state index < -0.39 is 0 Å². The SMILES string of the molecule is OCc1ccc(N2CCN3CCCCC3C2)c(F)c1. The van der Waals surface area contributed by atoms with Gasteiger partial charge < -0.3 is 10.0 Å². The van der Waals surface area contributed by atoms with E-state index in [0.29, 0.717) is 17.3 Å². The number of fused-ring (bicyclic) bond motifs is 1. The Balaban J connectivity index is 1.75. The summed E-state index contributed by atoms with van der Waals surface area (Å²) in [5.41, 5.74) is 1.32. The Morgan fingerprint density at radius 1 is 1.21 bits per heavy atom. The van der Waals surface area contributed by atoms with E-state index in [4.69, 9.17) is 5.11 Å². The molecule has 0 aromatic heterocycles. The van der Waals surface area contributed by atoms with Crippen LogP contribution in [0.4, 0.5) is 10.1 Å². The van der Waals surface area contributed by atoms with Crippen LogP contribution in [0.5, 0.6) is 0 Å². The van der Waals surface area contributed by atoms with Crippen molar-refractivity contribution >= 4 is 5.69 Å². The van der Waals surface area contributed by atoms with Crippen molar-refractivity contribution in [2.24, 2.45) is 0 Å². The van der Waals surface area contributed by atoms with Crippen LogP contribution in [0.3, 0.4) is 0 Å². The largest absolute Gasteiger partial charge is 0.392 e. The first-order valence-electron chi connectivity index (χ1n) is 7.16. The number of rotatable bonds is 2. The van der Waals surface area contributed by atoms with Crippen LogP contribution in [-0.4, -0.2) is 42.2 Å². The summed E-state index contributed by atoms with van der Waals surface area (Å²) in [7, 11) is 0. The molecule has 2 aliphatic rings. The van der Waals surface area contributed by atoms with Gasteiger partial charge in [-0.25, -0.2) is 4.39 Å². The van der Waals surface area contributed by atoms with E-state index in [1.165, 1.54) is 31.9 Å². The molecular weight excluding hydrogens is 243 g/mol. The number of halogens is 1. The summed E-state index contributed by atoms with van der Waals surface area (Å²) in [5.74, 6) is -0.212. The molecule has 0 amide bonds. The molecule has 0 radical (unpaired) electrons. The predicted molar refractivity (Wildman–Crippen MR) is 73.7 cm³/mol. The average Bonchev–Trinajstić information content (AvgIpc) is 2.46. The van der Waals surface area contributed by atoms with Gasteiger partial charge in [0.25, 0.3) is 0 Å². The van der Waals surface area contributed by atoms with Gasteiger partial charge in [-0.2, -0.15) is 0 Å². The smallest absolute Gasteiger partial charge is 0.146 e. The Kier molecular flexibility index (Phi) is 3.71. The zero-order valence-corrected chi connectivity index (χ0v) is 11.2. The normalized spacial score (nSPS) is 24.3. The maximum Gasteiger partial charge on any atom is 0.146 e. The second-order valence-electron chi connectivity index (χ2n) is 5.58. The van der Waals surface area contributed by atoms with Crippen molar-refractivity contribution in [1.29, 1.82) is 0 Å². The number of benzene rings is 1. The minimum atomic E-state index is -0.212. The molecule has 2 saturated heterocycles. The minimum absolute atomic E-state index is 0.104. The Morgan fingerprint density at radius 2 is 2.11 bits per heavy atom. The van der Waals surface area contributed by atoms with Crippen molar-refractivity contribution in [3.8, 4) is 0 Å². The molecule has 0 aliphatic carbocycles. The molecule has 19 heavy (non-hydrogen) atoms. The average molecular weight is 264 g/mol. The van der Waals surface area contributed by atoms with Crippen LogP contribution in [0.15, 0.2) is 18.2 Å². The number of hydrogen-bond donors (Lipinski definition) is 1. The minimum Gasteiger partial charge on any atom is -0.392 e. The zero-order valence-electron chi connectivity index (χ0n) is 11.2. The van der Waals surface area contributed by atoms with Crippen LogP contribution < -0.4 is 4.90 Å². The quantitative estimate of drug-likeness (QED) is 0.885. The lowest BCUT2D eigenvalue weighted by atomic mass is 9.99. The van der Waals surface area contributed by atoms with E-state index in [9.17, 15) is 4.39 Å². The van der Waals surface area contributed by atoms with Crippen LogP contribution in [-0.2, 0) is 6.61 Å². The van der Waals surface area contributed by atoms with Crippen LogP contribution in [0, 0.1) is 5.82 Å². The predicted octanol–water partition coefficient (Wildman–Crippen LogP) is 1.99. The summed E-state index contributed by atoms with van der Waals surface area (Å²) in [4.78, 5) is 4.70. The van der Waals surface area contributed by atoms with E-state index in [1.807, 2.05) is 6.07 Å². The van der Waals surface area contributed by atoms with E-state index >= 15 is 0 Å². The van der Waals surface area contributed by atoms with Gasteiger partial charge >= 0.3 is 0 Å². The van der Waals surface area contributed by atoms with Gasteiger partial charge in [-0.1, -0.05) is 12.5 Å². The van der Waals surface area contributed by atoms with E-state index in [2.05, 4.69) is 9.80 Å². The van der Waals surface area contributed by atoms with Crippen LogP contribution in [0.1, 0.15) is 24.8 Å². The first kappa shape index (κ1) is 12.9. The highest BCUT2D eigenvalue weighted by atomic mass is 19.1. The van der Waals surface area contributed by atoms with Crippen LogP contribution >= 0.6 is 0 Å². The molecule has 3 nitrogen and oxygen atoms in total. The van der Waals surface area contributed by atoms with Gasteiger partial charge in [-0.15, -0.1) is 0 Å². The molecule has 0 bridgehead atoms. The Morgan fingerprint density at radius 3 is 2.89 bits per heavy atom. The molecular formula is C15H21FN2O. The van der Waals surface area contributed by atoms with Crippen LogP contribution in [0.25, 0.3) is 0 Å². The Hall–Kier alpha value is -1.13. The zero-order chi connectivity index (χ0) is 13.2. The van der Waals surface area contributed by atoms with Crippen molar-refractivity contribution in [3.63, 3.8) is 0 Å². The van der Waals surface area contributed by atoms with Gasteiger partial charge in [0, 0.05) is 25.7 Å². The van der Waals surface area contributed by atoms with E-state index in [0.717, 1.165) is 19.6 Å². The lowest BCUT2D eigenvalue weighted by Gasteiger charge is -2.45. The maximum atomic E-state index is 14.1. The third-order valence-corrected chi connectivity index (χ3v) is 4.37. The van der Waals surface area contributed by atoms with Crippen molar-refractivity contribution in [3.05, 3.63) is 29.6 Å². The first-order chi connectivity index (χ1) is 9.28. The fourth-order valence-electron chi connectivity index (χ4n) is 3.28. The van der Waals surface area contributed by atoms with Crippen molar-refractivity contribution in [2.75, 3.05) is 31.1 Å². The molecule has 3 rings (SSSR count). The molecule has 2 aliphatic heterocycles. The highest BCUT2D eigenvalue weighted by Gasteiger charge is 2.29. The Labute approximate surface area is 113 Å². The third kappa shape index (κ3) is 2.60. The van der Waals surface area contributed by atoms with Crippen molar-refractivity contribution in [1.82, 2.24) is 4.90 Å². The summed E-state index contributed by atoms with van der Waals surface area (Å²) < 4.78 is 14.1. The molecule has 104 valence electrons. The van der Waals surface area contributed by atoms with Gasteiger partial charge in [0.15, 0.2) is 0 Å². The molecule has 0 saturated carbocycles. The number of nitrogens with zero attached hydrogens (tertiary/aromatic N) is 2. The number of piperazine rings is 1. The number of piperidine rings is 1. The highest BCUT2D eigenvalue weighted by Crippen LogP contribution is 2.27.